The third kappa shape index (κ3) is 3.48. The molecule has 3 aromatic carbocycles. The highest BCUT2D eigenvalue weighted by Crippen LogP contribution is 2.39. The molecule has 6 heteroatoms. The van der Waals surface area contributed by atoms with Crippen molar-refractivity contribution in [2.24, 2.45) is 5.73 Å². The first-order valence-corrected chi connectivity index (χ1v) is 9.75. The number of fused-ring (bicyclic) bond motifs is 3. The van der Waals surface area contributed by atoms with Crippen LogP contribution in [0.15, 0.2) is 60.7 Å². The lowest BCUT2D eigenvalue weighted by Gasteiger charge is -2.11. The Bertz CT molecular complexity index is 1260. The molecule has 0 aliphatic rings. The van der Waals surface area contributed by atoms with Gasteiger partial charge in [0.2, 0.25) is 5.91 Å². The molecule has 0 spiro atoms. The van der Waals surface area contributed by atoms with Crippen LogP contribution in [0.4, 0.5) is 0 Å². The minimum absolute atomic E-state index is 0.383. The van der Waals surface area contributed by atoms with Crippen molar-refractivity contribution in [3.05, 3.63) is 77.4 Å². The van der Waals surface area contributed by atoms with Gasteiger partial charge in [-0.3, -0.25) is 4.79 Å². The van der Waals surface area contributed by atoms with E-state index in [0.29, 0.717) is 28.6 Å². The van der Waals surface area contributed by atoms with Gasteiger partial charge in [-0.15, -0.1) is 0 Å². The SMILES string of the molecule is CCc1cc(OCC(=O)O)c2c3c(C(N)=O)cccc3n(Cc3ccccc3)c2c1. The molecule has 6 nitrogen and oxygen atoms in total. The van der Waals surface area contributed by atoms with E-state index in [1.165, 1.54) is 0 Å². The van der Waals surface area contributed by atoms with Crippen molar-refractivity contribution < 1.29 is 19.4 Å². The predicted molar refractivity (Wildman–Crippen MR) is 116 cm³/mol. The number of carbonyl (C=O) groups excluding carboxylic acids is 1. The highest BCUT2D eigenvalue weighted by molar-refractivity contribution is 6.19. The molecule has 0 bridgehead atoms. The lowest BCUT2D eigenvalue weighted by atomic mass is 10.0. The first kappa shape index (κ1) is 19.5. The number of primary amides is 1. The second kappa shape index (κ2) is 7.91. The van der Waals surface area contributed by atoms with Crippen LogP contribution >= 0.6 is 0 Å². The minimum atomic E-state index is -1.06. The fourth-order valence-corrected chi connectivity index (χ4v) is 3.88. The zero-order valence-electron chi connectivity index (χ0n) is 16.6. The van der Waals surface area contributed by atoms with E-state index < -0.39 is 18.5 Å². The standard InChI is InChI=1S/C24H22N2O4/c1-2-15-11-19-23(20(12-15)30-14-21(27)28)22-17(24(25)29)9-6-10-18(22)26(19)13-16-7-4-3-5-8-16/h3-12H,2,13-14H2,1H3,(H2,25,29)(H,27,28). The van der Waals surface area contributed by atoms with Gasteiger partial charge in [-0.05, 0) is 41.8 Å². The van der Waals surface area contributed by atoms with Crippen LogP contribution in [0.2, 0.25) is 0 Å². The summed E-state index contributed by atoms with van der Waals surface area (Å²) in [5.74, 6) is -1.16. The normalized spacial score (nSPS) is 11.1. The molecule has 30 heavy (non-hydrogen) atoms. The fourth-order valence-electron chi connectivity index (χ4n) is 3.88. The van der Waals surface area contributed by atoms with Crippen molar-refractivity contribution >= 4 is 33.7 Å². The molecular weight excluding hydrogens is 380 g/mol. The van der Waals surface area contributed by atoms with Gasteiger partial charge in [-0.1, -0.05) is 43.3 Å². The largest absolute Gasteiger partial charge is 0.481 e. The summed E-state index contributed by atoms with van der Waals surface area (Å²) in [5.41, 5.74) is 9.91. The Morgan fingerprint density at radius 3 is 2.40 bits per heavy atom. The third-order valence-electron chi connectivity index (χ3n) is 5.22. The van der Waals surface area contributed by atoms with Gasteiger partial charge in [0.25, 0.3) is 0 Å². The van der Waals surface area contributed by atoms with Crippen molar-refractivity contribution in [2.45, 2.75) is 19.9 Å². The number of aryl methyl sites for hydroxylation is 1. The molecule has 4 aromatic rings. The van der Waals surface area contributed by atoms with Crippen molar-refractivity contribution in [2.75, 3.05) is 6.61 Å². The van der Waals surface area contributed by atoms with E-state index in [4.69, 9.17) is 15.6 Å². The molecule has 4 rings (SSSR count). The summed E-state index contributed by atoms with van der Waals surface area (Å²) in [6, 6.07) is 19.4. The number of ether oxygens (including phenoxy) is 1. The number of aliphatic carboxylic acids is 1. The summed E-state index contributed by atoms with van der Waals surface area (Å²) in [6.45, 7) is 2.15. The van der Waals surface area contributed by atoms with Crippen LogP contribution < -0.4 is 10.5 Å². The summed E-state index contributed by atoms with van der Waals surface area (Å²) in [5, 5.41) is 10.5. The quantitative estimate of drug-likeness (QED) is 0.489. The molecule has 3 N–H and O–H groups in total. The molecule has 1 aromatic heterocycles. The number of nitrogens with two attached hydrogens (primary N) is 1. The highest BCUT2D eigenvalue weighted by atomic mass is 16.5. The number of benzene rings is 3. The van der Waals surface area contributed by atoms with E-state index in [0.717, 1.165) is 28.6 Å². The zero-order valence-corrected chi connectivity index (χ0v) is 16.6. The first-order valence-electron chi connectivity index (χ1n) is 9.75. The van der Waals surface area contributed by atoms with Gasteiger partial charge in [0, 0.05) is 17.5 Å². The second-order valence-corrected chi connectivity index (χ2v) is 7.16. The molecule has 0 unspecified atom stereocenters. The maximum atomic E-state index is 12.2. The molecule has 0 aliphatic heterocycles. The topological polar surface area (TPSA) is 94.6 Å². The Kier molecular flexibility index (Phi) is 5.14. The molecule has 0 atom stereocenters. The highest BCUT2D eigenvalue weighted by Gasteiger charge is 2.21. The Hall–Kier alpha value is -3.80. The minimum Gasteiger partial charge on any atom is -0.481 e. The van der Waals surface area contributed by atoms with Crippen molar-refractivity contribution in [1.82, 2.24) is 4.57 Å². The smallest absolute Gasteiger partial charge is 0.341 e. The summed E-state index contributed by atoms with van der Waals surface area (Å²) in [4.78, 5) is 23.3. The van der Waals surface area contributed by atoms with Crippen LogP contribution in [0.5, 0.6) is 5.75 Å². The molecule has 1 amide bonds. The monoisotopic (exact) mass is 402 g/mol. The average Bonchev–Trinajstić information content (AvgIpc) is 3.06. The number of carboxylic acid groups (broad SMARTS) is 1. The van der Waals surface area contributed by atoms with Gasteiger partial charge in [-0.25, -0.2) is 4.79 Å². The molecular formula is C24H22N2O4. The number of aromatic nitrogens is 1. The molecule has 0 saturated carbocycles. The lowest BCUT2D eigenvalue weighted by molar-refractivity contribution is -0.139. The van der Waals surface area contributed by atoms with Gasteiger partial charge in [0.1, 0.15) is 5.75 Å². The first-order chi connectivity index (χ1) is 14.5. The van der Waals surface area contributed by atoms with Crippen molar-refractivity contribution in [3.8, 4) is 5.75 Å². The predicted octanol–water partition coefficient (Wildman–Crippen LogP) is 3.97. The Morgan fingerprint density at radius 1 is 0.967 bits per heavy atom. The van der Waals surface area contributed by atoms with Gasteiger partial charge in [0.05, 0.1) is 16.4 Å². The van der Waals surface area contributed by atoms with E-state index >= 15 is 0 Å². The molecule has 0 aliphatic carbocycles. The Labute approximate surface area is 173 Å². The van der Waals surface area contributed by atoms with Gasteiger partial charge in [0.15, 0.2) is 6.61 Å². The van der Waals surface area contributed by atoms with Crippen LogP contribution in [0.3, 0.4) is 0 Å². The molecule has 152 valence electrons. The zero-order chi connectivity index (χ0) is 21.3. The van der Waals surface area contributed by atoms with Crippen LogP contribution in [0.1, 0.15) is 28.4 Å². The number of rotatable bonds is 7. The van der Waals surface area contributed by atoms with Gasteiger partial charge < -0.3 is 20.1 Å². The number of carboxylic acids is 1. The summed E-state index contributed by atoms with van der Waals surface area (Å²) in [6.07, 6.45) is 0.759. The second-order valence-electron chi connectivity index (χ2n) is 7.16. The van der Waals surface area contributed by atoms with E-state index in [9.17, 15) is 9.59 Å². The van der Waals surface area contributed by atoms with E-state index in [1.54, 1.807) is 12.1 Å². The van der Waals surface area contributed by atoms with Crippen LogP contribution in [-0.4, -0.2) is 28.2 Å². The average molecular weight is 402 g/mol. The van der Waals surface area contributed by atoms with Gasteiger partial charge >= 0.3 is 5.97 Å². The number of carbonyl (C=O) groups is 2. The molecule has 0 fully saturated rings. The summed E-state index contributed by atoms with van der Waals surface area (Å²) >= 11 is 0. The maximum absolute atomic E-state index is 12.2. The Morgan fingerprint density at radius 2 is 1.73 bits per heavy atom. The van der Waals surface area contributed by atoms with Gasteiger partial charge in [-0.2, -0.15) is 0 Å². The van der Waals surface area contributed by atoms with Crippen molar-refractivity contribution in [1.29, 1.82) is 0 Å². The van der Waals surface area contributed by atoms with Crippen LogP contribution in [0, 0.1) is 0 Å². The van der Waals surface area contributed by atoms with Crippen LogP contribution in [0.25, 0.3) is 21.8 Å². The molecule has 0 saturated heterocycles. The summed E-state index contributed by atoms with van der Waals surface area (Å²) in [7, 11) is 0. The van der Waals surface area contributed by atoms with Crippen LogP contribution in [-0.2, 0) is 17.8 Å². The maximum Gasteiger partial charge on any atom is 0.341 e. The number of amides is 1. The summed E-state index contributed by atoms with van der Waals surface area (Å²) < 4.78 is 7.79. The number of hydrogen-bond acceptors (Lipinski definition) is 3. The van der Waals surface area contributed by atoms with E-state index in [-0.39, 0.29) is 0 Å². The van der Waals surface area contributed by atoms with E-state index in [2.05, 4.69) is 10.6 Å². The molecule has 1 heterocycles. The Balaban J connectivity index is 2.08. The number of hydrogen-bond donors (Lipinski definition) is 2. The van der Waals surface area contributed by atoms with E-state index in [1.807, 2.05) is 49.4 Å². The van der Waals surface area contributed by atoms with Crippen molar-refractivity contribution in [3.63, 3.8) is 0 Å². The number of nitrogens with zero attached hydrogens (tertiary/aromatic N) is 1. The molecule has 0 radical (unpaired) electrons. The fraction of sp³-hybridized carbons (Fsp3) is 0.167. The lowest BCUT2D eigenvalue weighted by Crippen LogP contribution is -2.12. The third-order valence-corrected chi connectivity index (χ3v) is 5.22.